The van der Waals surface area contributed by atoms with Crippen LogP contribution in [0.4, 0.5) is 0 Å². The molecule has 5 heteroatoms. The number of hydrogen-bond acceptors (Lipinski definition) is 2. The van der Waals surface area contributed by atoms with E-state index in [1.165, 1.54) is 16.5 Å². The van der Waals surface area contributed by atoms with Crippen molar-refractivity contribution in [3.63, 3.8) is 0 Å². The monoisotopic (exact) mass is 214 g/mol. The number of fused-ring (bicyclic) bond motifs is 1. The van der Waals surface area contributed by atoms with Crippen molar-refractivity contribution in [2.75, 3.05) is 0 Å². The third-order valence-electron chi connectivity index (χ3n) is 1.75. The van der Waals surface area contributed by atoms with Gasteiger partial charge in [-0.3, -0.25) is 4.79 Å². The average Bonchev–Trinajstić information content (AvgIpc) is 2.45. The molecule has 0 aliphatic rings. The molecule has 0 aliphatic heterocycles. The summed E-state index contributed by atoms with van der Waals surface area (Å²) in [6.45, 7) is 0. The van der Waals surface area contributed by atoms with Crippen LogP contribution in [0.2, 0.25) is 5.02 Å². The zero-order valence-electron chi connectivity index (χ0n) is 6.37. The number of carbonyl (C=O) groups excluding carboxylic acids is 1. The van der Waals surface area contributed by atoms with E-state index in [-0.39, 0.29) is 0 Å². The maximum atomic E-state index is 10.6. The Kier molecular flexibility index (Phi) is 1.98. The van der Waals surface area contributed by atoms with Gasteiger partial charge in [-0.05, 0) is 6.07 Å². The molecule has 0 aliphatic carbocycles. The Bertz CT molecular complexity index is 478. The normalized spacial score (nSPS) is 10.6. The minimum atomic E-state index is 0.447. The van der Waals surface area contributed by atoms with E-state index >= 15 is 0 Å². The topological polar surface area (TPSA) is 34.9 Å². The first-order valence-corrected chi connectivity index (χ1v) is 4.22. The lowest BCUT2D eigenvalue weighted by atomic mass is 10.2. The summed E-state index contributed by atoms with van der Waals surface area (Å²) in [7, 11) is 0. The van der Waals surface area contributed by atoms with Crippen molar-refractivity contribution in [2.24, 2.45) is 0 Å². The summed E-state index contributed by atoms with van der Waals surface area (Å²) in [5.74, 6) is 0. The second kappa shape index (κ2) is 3.01. The molecule has 0 amide bonds. The van der Waals surface area contributed by atoms with E-state index < -0.39 is 0 Å². The van der Waals surface area contributed by atoms with Gasteiger partial charge in [0, 0.05) is 35.1 Å². The van der Waals surface area contributed by atoms with Crippen LogP contribution in [-0.2, 0) is 0 Å². The van der Waals surface area contributed by atoms with E-state index in [2.05, 4.69) is 4.98 Å². The average molecular weight is 215 g/mol. The second-order valence-electron chi connectivity index (χ2n) is 2.50. The van der Waals surface area contributed by atoms with Gasteiger partial charge in [0.15, 0.2) is 11.9 Å². The predicted octanol–water partition coefficient (Wildman–Crippen LogP) is 2.50. The van der Waals surface area contributed by atoms with Gasteiger partial charge in [-0.2, -0.15) is 0 Å². The molecule has 0 saturated carbocycles. The van der Waals surface area contributed by atoms with Crippen molar-refractivity contribution in [1.82, 2.24) is 9.07 Å². The molecule has 66 valence electrons. The Balaban J connectivity index is 2.96. The molecule has 3 nitrogen and oxygen atoms in total. The summed E-state index contributed by atoms with van der Waals surface area (Å²) >= 11 is 11.6. The zero-order valence-corrected chi connectivity index (χ0v) is 7.88. The second-order valence-corrected chi connectivity index (χ2v) is 3.28. The van der Waals surface area contributed by atoms with E-state index in [0.29, 0.717) is 27.9 Å². The Hall–Kier alpha value is -1.06. The number of aldehydes is 1. The molecule has 0 unspecified atom stereocenters. The maximum Gasteiger partial charge on any atom is 0.156 e. The van der Waals surface area contributed by atoms with Crippen LogP contribution >= 0.6 is 23.4 Å². The lowest BCUT2D eigenvalue weighted by Crippen LogP contribution is -1.81. The van der Waals surface area contributed by atoms with Gasteiger partial charge in [-0.15, -0.1) is 0 Å². The molecule has 2 heterocycles. The third-order valence-corrected chi connectivity index (χ3v) is 2.32. The van der Waals surface area contributed by atoms with E-state index in [9.17, 15) is 4.79 Å². The van der Waals surface area contributed by atoms with E-state index in [1.54, 1.807) is 6.07 Å². The highest BCUT2D eigenvalue weighted by Crippen LogP contribution is 2.26. The molecule has 0 bridgehead atoms. The summed E-state index contributed by atoms with van der Waals surface area (Å²) in [6.07, 6.45) is 3.73. The van der Waals surface area contributed by atoms with Crippen molar-refractivity contribution in [3.8, 4) is 0 Å². The minimum absolute atomic E-state index is 0.447. The molecule has 0 spiro atoms. The van der Waals surface area contributed by atoms with Crippen LogP contribution < -0.4 is 0 Å². The highest BCUT2D eigenvalue weighted by Gasteiger charge is 2.10. The SMILES string of the molecule is O=Cc1cn(Cl)c2nccc(Cl)c12. The van der Waals surface area contributed by atoms with Gasteiger partial charge in [0.2, 0.25) is 0 Å². The fourth-order valence-corrected chi connectivity index (χ4v) is 1.68. The van der Waals surface area contributed by atoms with Crippen LogP contribution in [-0.4, -0.2) is 15.4 Å². The molecule has 2 aromatic rings. The van der Waals surface area contributed by atoms with Crippen molar-refractivity contribution in [3.05, 3.63) is 29.0 Å². The van der Waals surface area contributed by atoms with Gasteiger partial charge in [0.25, 0.3) is 0 Å². The molecule has 0 saturated heterocycles. The number of hydrogen-bond donors (Lipinski definition) is 0. The number of carbonyl (C=O) groups is 1. The van der Waals surface area contributed by atoms with E-state index in [0.717, 1.165) is 0 Å². The third kappa shape index (κ3) is 1.20. The van der Waals surface area contributed by atoms with Gasteiger partial charge >= 0.3 is 0 Å². The van der Waals surface area contributed by atoms with Crippen molar-refractivity contribution in [2.45, 2.75) is 0 Å². The van der Waals surface area contributed by atoms with E-state index in [4.69, 9.17) is 23.4 Å². The standard InChI is InChI=1S/C8H4Cl2N2O/c9-6-1-2-11-8-7(6)5(4-13)3-12(8)10/h1-4H. The molecular weight excluding hydrogens is 211 g/mol. The van der Waals surface area contributed by atoms with Crippen LogP contribution in [0, 0.1) is 0 Å². The molecule has 0 aromatic carbocycles. The number of halogens is 2. The van der Waals surface area contributed by atoms with Crippen LogP contribution in [0.15, 0.2) is 18.5 Å². The fourth-order valence-electron chi connectivity index (χ4n) is 1.19. The predicted molar refractivity (Wildman–Crippen MR) is 51.4 cm³/mol. The number of pyridine rings is 1. The summed E-state index contributed by atoms with van der Waals surface area (Å²) in [5, 5.41) is 1.07. The summed E-state index contributed by atoms with van der Waals surface area (Å²) in [5.41, 5.74) is 0.944. The molecule has 0 N–H and O–H groups in total. The minimum Gasteiger partial charge on any atom is -0.298 e. The molecule has 0 radical (unpaired) electrons. The smallest absolute Gasteiger partial charge is 0.156 e. The van der Waals surface area contributed by atoms with Gasteiger partial charge in [-0.1, -0.05) is 11.6 Å². The lowest BCUT2D eigenvalue weighted by Gasteiger charge is -1.93. The summed E-state index contributed by atoms with van der Waals surface area (Å²) in [4.78, 5) is 14.6. The number of nitrogens with zero attached hydrogens (tertiary/aromatic N) is 2. The molecule has 0 atom stereocenters. The maximum absolute atomic E-state index is 10.6. The Morgan fingerprint density at radius 2 is 2.31 bits per heavy atom. The van der Waals surface area contributed by atoms with Crippen LogP contribution in [0.3, 0.4) is 0 Å². The number of rotatable bonds is 1. The summed E-state index contributed by atoms with van der Waals surface area (Å²) < 4.78 is 1.25. The Labute approximate surface area is 84.0 Å². The van der Waals surface area contributed by atoms with Crippen LogP contribution in [0.25, 0.3) is 11.0 Å². The lowest BCUT2D eigenvalue weighted by molar-refractivity contribution is 0.112. The Morgan fingerprint density at radius 1 is 1.54 bits per heavy atom. The van der Waals surface area contributed by atoms with Gasteiger partial charge in [0.05, 0.1) is 5.02 Å². The van der Waals surface area contributed by atoms with E-state index in [1.807, 2.05) is 0 Å². The quantitative estimate of drug-likeness (QED) is 0.685. The molecule has 2 aromatic heterocycles. The first kappa shape index (κ1) is 8.53. The molecule has 2 rings (SSSR count). The fraction of sp³-hybridized carbons (Fsp3) is 0. The number of aromatic nitrogens is 2. The molecule has 0 fully saturated rings. The van der Waals surface area contributed by atoms with Gasteiger partial charge < -0.3 is 0 Å². The van der Waals surface area contributed by atoms with Gasteiger partial charge in [-0.25, -0.2) is 9.07 Å². The summed E-state index contributed by atoms with van der Waals surface area (Å²) in [6, 6.07) is 1.62. The molecular formula is C8H4Cl2N2O. The highest BCUT2D eigenvalue weighted by atomic mass is 35.5. The largest absolute Gasteiger partial charge is 0.298 e. The van der Waals surface area contributed by atoms with Crippen LogP contribution in [0.5, 0.6) is 0 Å². The zero-order chi connectivity index (χ0) is 9.42. The first-order chi connectivity index (χ1) is 6.24. The van der Waals surface area contributed by atoms with Gasteiger partial charge in [0.1, 0.15) is 0 Å². The van der Waals surface area contributed by atoms with Crippen LogP contribution in [0.1, 0.15) is 10.4 Å². The van der Waals surface area contributed by atoms with Crippen molar-refractivity contribution < 1.29 is 4.79 Å². The highest BCUT2D eigenvalue weighted by molar-refractivity contribution is 6.36. The van der Waals surface area contributed by atoms with Crippen molar-refractivity contribution in [1.29, 1.82) is 0 Å². The van der Waals surface area contributed by atoms with Crippen molar-refractivity contribution >= 4 is 40.7 Å². The Morgan fingerprint density at radius 3 is 3.00 bits per heavy atom. The first-order valence-electron chi connectivity index (χ1n) is 3.51. The molecule has 13 heavy (non-hydrogen) atoms.